The number of benzene rings is 1. The number of ether oxygens (including phenoxy) is 1. The van der Waals surface area contributed by atoms with Crippen LogP contribution in [0.4, 0.5) is 0 Å². The summed E-state index contributed by atoms with van der Waals surface area (Å²) in [6, 6.07) is 7.91. The number of thioether (sulfide) groups is 1. The van der Waals surface area contributed by atoms with Crippen LogP contribution in [0.15, 0.2) is 55.6 Å². The van der Waals surface area contributed by atoms with Crippen molar-refractivity contribution in [3.8, 4) is 0 Å². The maximum atomic E-state index is 14.4. The summed E-state index contributed by atoms with van der Waals surface area (Å²) in [5.41, 5.74) is 0.770. The summed E-state index contributed by atoms with van der Waals surface area (Å²) in [4.78, 5) is 45.6. The molecule has 1 aromatic carbocycles. The molecule has 3 fully saturated rings. The molecule has 0 radical (unpaired) electrons. The maximum Gasteiger partial charge on any atom is 0.310 e. The van der Waals surface area contributed by atoms with Crippen molar-refractivity contribution in [1.29, 1.82) is 0 Å². The van der Waals surface area contributed by atoms with Crippen LogP contribution in [-0.2, 0) is 19.1 Å². The zero-order chi connectivity index (χ0) is 28.0. The highest BCUT2D eigenvalue weighted by Crippen LogP contribution is 2.67. The van der Waals surface area contributed by atoms with Crippen LogP contribution in [0.5, 0.6) is 0 Å². The number of hydrogen-bond acceptors (Lipinski definition) is 6. The first kappa shape index (κ1) is 29.4. The molecule has 3 saturated heterocycles. The number of nitrogens with zero attached hydrogens (tertiary/aromatic N) is 2. The van der Waals surface area contributed by atoms with Gasteiger partial charge in [-0.1, -0.05) is 62.2 Å². The number of esters is 1. The first-order valence-corrected chi connectivity index (χ1v) is 15.2. The van der Waals surface area contributed by atoms with E-state index in [2.05, 4.69) is 20.1 Å². The van der Waals surface area contributed by atoms with E-state index in [9.17, 15) is 19.5 Å². The number of rotatable bonds is 15. The van der Waals surface area contributed by atoms with E-state index in [1.54, 1.807) is 33.7 Å². The van der Waals surface area contributed by atoms with Gasteiger partial charge < -0.3 is 19.6 Å². The molecular weight excluding hydrogens is 512 g/mol. The number of unbranched alkanes of at least 4 members (excludes halogenated alkanes) is 3. The Hall–Kier alpha value is -2.58. The van der Waals surface area contributed by atoms with E-state index in [4.69, 9.17) is 4.74 Å². The smallest absolute Gasteiger partial charge is 0.310 e. The Kier molecular flexibility index (Phi) is 9.94. The second-order valence-electron chi connectivity index (χ2n) is 10.8. The number of carbonyl (C=O) groups excluding carboxylic acids is 3. The molecule has 1 aromatic rings. The lowest BCUT2D eigenvalue weighted by molar-refractivity contribution is -0.154. The molecule has 6 atom stereocenters. The van der Waals surface area contributed by atoms with Gasteiger partial charge in [-0.05, 0) is 37.7 Å². The van der Waals surface area contributed by atoms with E-state index in [0.717, 1.165) is 37.7 Å². The molecule has 39 heavy (non-hydrogen) atoms. The van der Waals surface area contributed by atoms with E-state index >= 15 is 0 Å². The number of amides is 2. The van der Waals surface area contributed by atoms with Crippen LogP contribution in [0, 0.1) is 11.8 Å². The fraction of sp³-hybridized carbons (Fsp3) is 0.581. The van der Waals surface area contributed by atoms with Gasteiger partial charge in [-0.25, -0.2) is 0 Å². The van der Waals surface area contributed by atoms with Crippen LogP contribution in [0.25, 0.3) is 0 Å². The highest BCUT2D eigenvalue weighted by Gasteiger charge is 2.74. The normalized spacial score (nSPS) is 27.7. The summed E-state index contributed by atoms with van der Waals surface area (Å²) in [7, 11) is 0. The van der Waals surface area contributed by atoms with Crippen LogP contribution in [0.1, 0.15) is 63.5 Å². The predicted molar refractivity (Wildman–Crippen MR) is 154 cm³/mol. The number of hydrogen-bond donors (Lipinski definition) is 1. The topological polar surface area (TPSA) is 87.1 Å². The third kappa shape index (κ3) is 5.55. The molecule has 4 rings (SSSR count). The molecule has 0 saturated carbocycles. The lowest BCUT2D eigenvalue weighted by atomic mass is 9.71. The average Bonchev–Trinajstić information content (AvgIpc) is 3.59. The summed E-state index contributed by atoms with van der Waals surface area (Å²) in [6.45, 7) is 10.6. The van der Waals surface area contributed by atoms with Crippen molar-refractivity contribution in [2.45, 2.75) is 74.0 Å². The van der Waals surface area contributed by atoms with Crippen molar-refractivity contribution < 1.29 is 24.2 Å². The number of aliphatic hydroxyl groups is 1. The summed E-state index contributed by atoms with van der Waals surface area (Å²) in [6.07, 6.45) is 9.28. The zero-order valence-corrected chi connectivity index (χ0v) is 23.8. The van der Waals surface area contributed by atoms with Crippen LogP contribution >= 0.6 is 11.8 Å². The minimum absolute atomic E-state index is 0.0550. The fourth-order valence-electron chi connectivity index (χ4n) is 6.67. The number of fused-ring (bicyclic) bond motifs is 1. The lowest BCUT2D eigenvalue weighted by Gasteiger charge is -2.39. The van der Waals surface area contributed by atoms with Crippen molar-refractivity contribution in [2.24, 2.45) is 11.8 Å². The molecular formula is C31H42N2O5S. The monoisotopic (exact) mass is 554 g/mol. The standard InChI is InChI=1S/C31H42N2O5S/c1-4-7-12-19-32(18-6-3)29(36)27-31-17-16-24(39-31)25(30(37)38-20-13-8-5-2)26(31)28(35)33(27)23(21-34)22-14-10-9-11-15-22/h5-6,9-11,14-15,23-27,34H,2-4,7-8,12-13,16-21H2,1H3/t23-,24-,25+,26+,27?,31?/m1/s1. The first-order chi connectivity index (χ1) is 18.9. The minimum Gasteiger partial charge on any atom is -0.465 e. The lowest BCUT2D eigenvalue weighted by Crippen LogP contribution is -2.55. The predicted octanol–water partition coefficient (Wildman–Crippen LogP) is 4.53. The Bertz CT molecular complexity index is 1050. The highest BCUT2D eigenvalue weighted by molar-refractivity contribution is 8.02. The van der Waals surface area contributed by atoms with Gasteiger partial charge in [0.2, 0.25) is 11.8 Å². The van der Waals surface area contributed by atoms with Crippen LogP contribution in [-0.4, -0.2) is 75.0 Å². The molecule has 3 aliphatic heterocycles. The zero-order valence-electron chi connectivity index (χ0n) is 23.0. The van der Waals surface area contributed by atoms with Gasteiger partial charge in [0.25, 0.3) is 0 Å². The van der Waals surface area contributed by atoms with Crippen LogP contribution in [0.3, 0.4) is 0 Å². The number of likely N-dealkylation sites (tertiary alicyclic amines) is 1. The molecule has 0 aromatic heterocycles. The molecule has 0 aliphatic carbocycles. The third-order valence-corrected chi connectivity index (χ3v) is 10.4. The van der Waals surface area contributed by atoms with Gasteiger partial charge in [-0.2, -0.15) is 0 Å². The van der Waals surface area contributed by atoms with Crippen LogP contribution < -0.4 is 0 Å². The SMILES string of the molecule is C=CCCCOC(=O)[C@@H]1[C@H]2C(=O)N([C@H](CO)c3ccccc3)C(C(=O)N(CC=C)CCCCC)C23CC[C@H]1S3. The minimum atomic E-state index is -0.775. The van der Waals surface area contributed by atoms with Gasteiger partial charge in [0.1, 0.15) is 6.04 Å². The molecule has 1 spiro atoms. The van der Waals surface area contributed by atoms with Gasteiger partial charge in [-0.3, -0.25) is 14.4 Å². The van der Waals surface area contributed by atoms with Gasteiger partial charge in [-0.15, -0.1) is 24.9 Å². The van der Waals surface area contributed by atoms with E-state index in [0.29, 0.717) is 25.9 Å². The fourth-order valence-corrected chi connectivity index (χ4v) is 8.86. The molecule has 3 heterocycles. The van der Waals surface area contributed by atoms with Gasteiger partial charge in [0.15, 0.2) is 0 Å². The van der Waals surface area contributed by atoms with Crippen molar-refractivity contribution >= 4 is 29.5 Å². The van der Waals surface area contributed by atoms with Crippen molar-refractivity contribution in [2.75, 3.05) is 26.3 Å². The van der Waals surface area contributed by atoms with Gasteiger partial charge in [0.05, 0.1) is 35.8 Å². The summed E-state index contributed by atoms with van der Waals surface area (Å²) >= 11 is 1.63. The highest BCUT2D eigenvalue weighted by atomic mass is 32.2. The molecule has 3 aliphatic rings. The summed E-state index contributed by atoms with van der Waals surface area (Å²) in [5.74, 6) is -1.95. The average molecular weight is 555 g/mol. The second-order valence-corrected chi connectivity index (χ2v) is 12.4. The number of carbonyl (C=O) groups is 3. The molecule has 8 heteroatoms. The summed E-state index contributed by atoms with van der Waals surface area (Å²) in [5, 5.41) is 10.5. The number of allylic oxidation sites excluding steroid dienone is 1. The Morgan fingerprint density at radius 1 is 1.23 bits per heavy atom. The van der Waals surface area contributed by atoms with Crippen molar-refractivity contribution in [3.05, 3.63) is 61.2 Å². The molecule has 2 amide bonds. The summed E-state index contributed by atoms with van der Waals surface area (Å²) < 4.78 is 4.93. The molecule has 7 nitrogen and oxygen atoms in total. The number of aliphatic hydroxyl groups excluding tert-OH is 1. The van der Waals surface area contributed by atoms with E-state index in [1.807, 2.05) is 30.3 Å². The Labute approximate surface area is 236 Å². The van der Waals surface area contributed by atoms with Crippen molar-refractivity contribution in [1.82, 2.24) is 9.80 Å². The molecule has 2 bridgehead atoms. The van der Waals surface area contributed by atoms with E-state index < -0.39 is 28.7 Å². The third-order valence-electron chi connectivity index (χ3n) is 8.43. The Balaban J connectivity index is 1.73. The Morgan fingerprint density at radius 2 is 2.00 bits per heavy atom. The largest absolute Gasteiger partial charge is 0.465 e. The van der Waals surface area contributed by atoms with Crippen LogP contribution in [0.2, 0.25) is 0 Å². The second kappa shape index (κ2) is 13.2. The molecule has 1 N–H and O–H groups in total. The van der Waals surface area contributed by atoms with Gasteiger partial charge in [0, 0.05) is 18.3 Å². The maximum absolute atomic E-state index is 14.4. The van der Waals surface area contributed by atoms with Gasteiger partial charge >= 0.3 is 5.97 Å². The molecule has 212 valence electrons. The molecule has 2 unspecified atom stereocenters. The Morgan fingerprint density at radius 3 is 2.67 bits per heavy atom. The quantitative estimate of drug-likeness (QED) is 0.195. The first-order valence-electron chi connectivity index (χ1n) is 14.3. The van der Waals surface area contributed by atoms with E-state index in [1.165, 1.54) is 0 Å². The van der Waals surface area contributed by atoms with Crippen molar-refractivity contribution in [3.63, 3.8) is 0 Å². The van der Waals surface area contributed by atoms with E-state index in [-0.39, 0.29) is 36.2 Å².